The Balaban J connectivity index is 1.36. The Morgan fingerprint density at radius 1 is 1.10 bits per heavy atom. The Kier molecular flexibility index (Phi) is 4.88. The number of imide groups is 1. The summed E-state index contributed by atoms with van der Waals surface area (Å²) in [6.07, 6.45) is 6.94. The van der Waals surface area contributed by atoms with E-state index in [0.29, 0.717) is 19.4 Å². The molecule has 2 amide bonds. The van der Waals surface area contributed by atoms with E-state index < -0.39 is 39.7 Å². The molecule has 4 bridgehead atoms. The summed E-state index contributed by atoms with van der Waals surface area (Å²) in [4.78, 5) is 25.0. The van der Waals surface area contributed by atoms with Crippen LogP contribution in [0.4, 0.5) is 13.6 Å². The molecule has 0 spiro atoms. The summed E-state index contributed by atoms with van der Waals surface area (Å²) in [5.41, 5.74) is -0.466. The molecule has 0 radical (unpaired) electrons. The maximum atomic E-state index is 14.9. The van der Waals surface area contributed by atoms with Gasteiger partial charge in [-0.1, -0.05) is 0 Å². The lowest BCUT2D eigenvalue weighted by Gasteiger charge is -2.56. The average Bonchev–Trinajstić information content (AvgIpc) is 3.09. The molecule has 5 nitrogen and oxygen atoms in total. The highest BCUT2D eigenvalue weighted by molar-refractivity contribution is 5.95. The Morgan fingerprint density at radius 2 is 1.71 bits per heavy atom. The zero-order valence-electron chi connectivity index (χ0n) is 17.9. The van der Waals surface area contributed by atoms with Crippen LogP contribution in [-0.2, 0) is 0 Å². The van der Waals surface area contributed by atoms with Gasteiger partial charge in [-0.15, -0.1) is 0 Å². The topological polar surface area (TPSA) is 63.6 Å². The van der Waals surface area contributed by atoms with Crippen LogP contribution in [0.15, 0.2) is 12.1 Å². The van der Waals surface area contributed by atoms with Gasteiger partial charge in [-0.05, 0) is 69.3 Å². The first-order chi connectivity index (χ1) is 14.7. The number of carbonyl (C=O) groups is 2. The quantitative estimate of drug-likeness (QED) is 0.647. The molecule has 2 atom stereocenters. The number of amides is 2. The van der Waals surface area contributed by atoms with E-state index in [1.165, 1.54) is 19.3 Å². The van der Waals surface area contributed by atoms with Crippen molar-refractivity contribution in [3.8, 4) is 5.75 Å². The van der Waals surface area contributed by atoms with Crippen molar-refractivity contribution in [3.63, 3.8) is 0 Å². The number of ether oxygens (including phenoxy) is 1. The molecule has 1 aromatic rings. The first kappa shape index (κ1) is 20.9. The van der Waals surface area contributed by atoms with Crippen LogP contribution in [0.5, 0.6) is 5.75 Å². The molecule has 1 heterocycles. The van der Waals surface area contributed by atoms with E-state index in [1.807, 2.05) is 0 Å². The molecule has 1 unspecified atom stereocenters. The highest BCUT2D eigenvalue weighted by atomic mass is 19.1. The van der Waals surface area contributed by atoms with Crippen LogP contribution in [0.3, 0.4) is 0 Å². The second-order valence-electron chi connectivity index (χ2n) is 10.6. The summed E-state index contributed by atoms with van der Waals surface area (Å²) in [7, 11) is 0. The van der Waals surface area contributed by atoms with Gasteiger partial charge in [0.1, 0.15) is 17.4 Å². The number of rotatable bonds is 4. The van der Waals surface area contributed by atoms with Crippen LogP contribution < -0.4 is 4.74 Å². The second-order valence-corrected chi connectivity index (χ2v) is 10.6. The predicted molar refractivity (Wildman–Crippen MR) is 109 cm³/mol. The molecule has 1 saturated heterocycles. The first-order valence-corrected chi connectivity index (χ1v) is 11.5. The van der Waals surface area contributed by atoms with E-state index in [0.717, 1.165) is 49.1 Å². The molecule has 31 heavy (non-hydrogen) atoms. The summed E-state index contributed by atoms with van der Waals surface area (Å²) in [5, 5.41) is 9.73. The summed E-state index contributed by atoms with van der Waals surface area (Å²) in [6.45, 7) is 2.11. The summed E-state index contributed by atoms with van der Waals surface area (Å²) >= 11 is 0. The molecule has 5 aliphatic rings. The van der Waals surface area contributed by atoms with E-state index in [2.05, 4.69) is 0 Å². The highest BCUT2D eigenvalue weighted by Crippen LogP contribution is 2.60. The van der Waals surface area contributed by atoms with Crippen LogP contribution in [0.1, 0.15) is 68.6 Å². The minimum atomic E-state index is -1.32. The Labute approximate surface area is 181 Å². The third kappa shape index (κ3) is 3.27. The maximum Gasteiger partial charge on any atom is 0.521 e. The molecule has 168 valence electrons. The van der Waals surface area contributed by atoms with E-state index in [1.54, 1.807) is 6.92 Å². The van der Waals surface area contributed by atoms with Gasteiger partial charge in [-0.25, -0.2) is 13.6 Å². The number of quaternary nitrogens is 1. The van der Waals surface area contributed by atoms with E-state index in [9.17, 15) is 23.5 Å². The molecule has 6 rings (SSSR count). The highest BCUT2D eigenvalue weighted by Gasteiger charge is 2.54. The molecule has 1 N–H and O–H groups in total. The fourth-order valence-corrected chi connectivity index (χ4v) is 7.47. The zero-order valence-corrected chi connectivity index (χ0v) is 17.9. The minimum absolute atomic E-state index is 0.0513. The number of hydrogen-bond donors (Lipinski definition) is 1. The van der Waals surface area contributed by atoms with Gasteiger partial charge in [0.25, 0.3) is 0 Å². The minimum Gasteiger partial charge on any atom is -0.490 e. The van der Waals surface area contributed by atoms with Crippen molar-refractivity contribution in [1.29, 1.82) is 0 Å². The van der Waals surface area contributed by atoms with Crippen molar-refractivity contribution in [2.24, 2.45) is 23.2 Å². The molecule has 0 aromatic heterocycles. The molecule has 1 aromatic carbocycles. The van der Waals surface area contributed by atoms with Gasteiger partial charge in [0.15, 0.2) is 11.6 Å². The fourth-order valence-electron chi connectivity index (χ4n) is 7.47. The normalized spacial score (nSPS) is 38.4. The van der Waals surface area contributed by atoms with Gasteiger partial charge in [-0.2, -0.15) is 9.28 Å². The van der Waals surface area contributed by atoms with Gasteiger partial charge in [0.2, 0.25) is 0 Å². The van der Waals surface area contributed by atoms with Crippen LogP contribution >= 0.6 is 0 Å². The van der Waals surface area contributed by atoms with Crippen molar-refractivity contribution >= 4 is 12.0 Å². The third-order valence-electron chi connectivity index (χ3n) is 8.54. The molecule has 1 aliphatic heterocycles. The van der Waals surface area contributed by atoms with Crippen LogP contribution in [0, 0.1) is 34.8 Å². The molecule has 4 saturated carbocycles. The van der Waals surface area contributed by atoms with Crippen LogP contribution in [0.2, 0.25) is 0 Å². The number of benzene rings is 1. The van der Waals surface area contributed by atoms with Gasteiger partial charge >= 0.3 is 12.0 Å². The lowest BCUT2D eigenvalue weighted by molar-refractivity contribution is -0.786. The van der Waals surface area contributed by atoms with Crippen molar-refractivity contribution in [2.75, 3.05) is 13.2 Å². The standard InChI is InChI=1S/C24H29F2NO4/c1-14-3-2-4-27(14,23(29)30)22(28)18-8-20(26)21(9-19(18)25)31-13-24-10-15-5-16(11-24)7-17(6-15)12-24/h8-9,14-17H,2-7,10-13H2,1H3/p+1/t14-,15?,16?,17?,24?,27?/m1/s1. The maximum absolute atomic E-state index is 14.9. The average molecular weight is 435 g/mol. The van der Waals surface area contributed by atoms with Gasteiger partial charge in [0, 0.05) is 24.3 Å². The summed E-state index contributed by atoms with van der Waals surface area (Å²) in [6, 6.07) is 1.25. The number of hydrogen-bond acceptors (Lipinski definition) is 3. The third-order valence-corrected chi connectivity index (χ3v) is 8.54. The van der Waals surface area contributed by atoms with Crippen molar-refractivity contribution in [1.82, 2.24) is 0 Å². The molecule has 5 fully saturated rings. The molecule has 4 aliphatic carbocycles. The van der Waals surface area contributed by atoms with Gasteiger partial charge in [-0.3, -0.25) is 0 Å². The summed E-state index contributed by atoms with van der Waals surface area (Å²) in [5.74, 6) is -0.642. The lowest BCUT2D eigenvalue weighted by atomic mass is 9.50. The first-order valence-electron chi connectivity index (χ1n) is 11.5. The number of carboxylic acid groups (broad SMARTS) is 1. The van der Waals surface area contributed by atoms with E-state index >= 15 is 0 Å². The van der Waals surface area contributed by atoms with E-state index in [4.69, 9.17) is 4.74 Å². The molecular weight excluding hydrogens is 404 g/mol. The van der Waals surface area contributed by atoms with E-state index in [-0.39, 0.29) is 17.7 Å². The van der Waals surface area contributed by atoms with Crippen LogP contribution in [0.25, 0.3) is 0 Å². The Morgan fingerprint density at radius 3 is 2.23 bits per heavy atom. The van der Waals surface area contributed by atoms with Crippen LogP contribution in [-0.4, -0.2) is 40.8 Å². The predicted octanol–water partition coefficient (Wildman–Crippen LogP) is 5.38. The smallest absolute Gasteiger partial charge is 0.490 e. The largest absolute Gasteiger partial charge is 0.521 e. The van der Waals surface area contributed by atoms with Crippen molar-refractivity contribution in [2.45, 2.75) is 64.3 Å². The van der Waals surface area contributed by atoms with Gasteiger partial charge < -0.3 is 9.84 Å². The number of nitrogens with zero attached hydrogens (tertiary/aromatic N) is 1. The Bertz CT molecular complexity index is 897. The number of halogens is 2. The summed E-state index contributed by atoms with van der Waals surface area (Å²) < 4.78 is 34.7. The molecule has 7 heteroatoms. The zero-order chi connectivity index (χ0) is 22.0. The SMILES string of the molecule is C[C@@H]1CCC[N+]1(C(=O)O)C(=O)c1cc(F)c(OCC23CC4CC(CC(C4)C2)C3)cc1F. The number of carbonyl (C=O) groups excluding carboxylic acids is 1. The lowest BCUT2D eigenvalue weighted by Crippen LogP contribution is -2.58. The Hall–Kier alpha value is -2.02. The number of likely N-dealkylation sites (tertiary alicyclic amines) is 1. The monoisotopic (exact) mass is 434 g/mol. The fraction of sp³-hybridized carbons (Fsp3) is 0.667. The second kappa shape index (κ2) is 7.26. The van der Waals surface area contributed by atoms with Gasteiger partial charge in [0.05, 0.1) is 13.2 Å². The van der Waals surface area contributed by atoms with Crippen molar-refractivity contribution in [3.05, 3.63) is 29.3 Å². The molecular formula is C24H30F2NO4+. The van der Waals surface area contributed by atoms with Crippen molar-refractivity contribution < 1.29 is 32.7 Å².